The lowest BCUT2D eigenvalue weighted by atomic mass is 9.88. The summed E-state index contributed by atoms with van der Waals surface area (Å²) in [6.07, 6.45) is 12.1. The van der Waals surface area contributed by atoms with Gasteiger partial charge in [-0.2, -0.15) is 0 Å². The number of aliphatic carboxylic acids is 1. The van der Waals surface area contributed by atoms with Gasteiger partial charge in [-0.05, 0) is 56.3 Å². The summed E-state index contributed by atoms with van der Waals surface area (Å²) in [6.45, 7) is 4.33. The second-order valence-corrected chi connectivity index (χ2v) is 8.61. The number of unbranched alkanes of at least 4 members (excludes halogenated alkanes) is 2. The van der Waals surface area contributed by atoms with Crippen molar-refractivity contribution in [1.82, 2.24) is 0 Å². The number of carboxylic acids is 1. The maximum absolute atomic E-state index is 10.6. The first kappa shape index (κ1) is 20.6. The van der Waals surface area contributed by atoms with E-state index in [4.69, 9.17) is 6.48 Å². The molecule has 0 saturated heterocycles. The standard InChI is InChI=1S/C23H38O4/c1-3-4-7-16(2)12-19(24)10-11-20-21-14-17(8-5-6-9-23(26)27)13-18(21)15-22(20)25/h10-11,13,16,18-22,24-25H,3-9,12,14-15H2,1-2H3,(H,26,27)/b11-10+/t16-,18-,19+,20+,21-,22+/m0/s1/i22T. The minimum Gasteiger partial charge on any atom is -0.481 e. The summed E-state index contributed by atoms with van der Waals surface area (Å²) in [5.41, 5.74) is 1.34. The zero-order chi connectivity index (χ0) is 20.7. The number of carboxylic acid groups (broad SMARTS) is 1. The van der Waals surface area contributed by atoms with Crippen molar-refractivity contribution in [2.24, 2.45) is 23.7 Å². The Kier molecular flexibility index (Phi) is 8.40. The van der Waals surface area contributed by atoms with Crippen LogP contribution in [0.1, 0.15) is 79.4 Å². The minimum absolute atomic E-state index is 0.215. The molecule has 4 nitrogen and oxygen atoms in total. The van der Waals surface area contributed by atoms with Crippen molar-refractivity contribution >= 4 is 5.97 Å². The average molecular weight is 381 g/mol. The van der Waals surface area contributed by atoms with Gasteiger partial charge in [-0.1, -0.05) is 56.9 Å². The number of aliphatic hydroxyl groups excluding tert-OH is 1. The fraction of sp³-hybridized carbons (Fsp3) is 0.783. The van der Waals surface area contributed by atoms with Crippen molar-refractivity contribution in [1.29, 1.82) is 0 Å². The van der Waals surface area contributed by atoms with Gasteiger partial charge in [0.1, 0.15) is 0 Å². The summed E-state index contributed by atoms with van der Waals surface area (Å²) in [4.78, 5) is 10.6. The molecule has 0 aromatic rings. The number of allylic oxidation sites excluding steroid dienone is 2. The van der Waals surface area contributed by atoms with E-state index in [0.717, 1.165) is 32.1 Å². The molecule has 0 unspecified atom stereocenters. The highest BCUT2D eigenvalue weighted by molar-refractivity contribution is 5.66. The maximum atomic E-state index is 10.6. The highest BCUT2D eigenvalue weighted by atomic mass is 16.4. The Morgan fingerprint density at radius 2 is 2.19 bits per heavy atom. The summed E-state index contributed by atoms with van der Waals surface area (Å²) in [5, 5.41) is 29.6. The third-order valence-corrected chi connectivity index (χ3v) is 6.16. The van der Waals surface area contributed by atoms with E-state index in [2.05, 4.69) is 19.9 Å². The Bertz CT molecular complexity index is 569. The molecule has 0 heterocycles. The number of hydrogen-bond donors (Lipinski definition) is 3. The van der Waals surface area contributed by atoms with E-state index in [1.165, 1.54) is 18.4 Å². The smallest absolute Gasteiger partial charge is 0.303 e. The highest BCUT2D eigenvalue weighted by Gasteiger charge is 2.43. The second kappa shape index (κ2) is 11.0. The van der Waals surface area contributed by atoms with Crippen LogP contribution in [0.3, 0.4) is 0 Å². The van der Waals surface area contributed by atoms with Crippen LogP contribution in [0, 0.1) is 23.7 Å². The molecule has 0 aromatic carbocycles. The Hall–Kier alpha value is -1.13. The lowest BCUT2D eigenvalue weighted by Crippen LogP contribution is -2.18. The zero-order valence-electron chi connectivity index (χ0n) is 17.9. The normalized spacial score (nSPS) is 33.0. The molecular formula is C23H38O4. The van der Waals surface area contributed by atoms with E-state index in [0.29, 0.717) is 18.8 Å². The predicted octanol–water partition coefficient (Wildman–Crippen LogP) is 4.71. The van der Waals surface area contributed by atoms with Crippen LogP contribution in [-0.4, -0.2) is 33.5 Å². The molecule has 2 aliphatic carbocycles. The largest absolute Gasteiger partial charge is 0.481 e. The number of aliphatic hydroxyl groups is 2. The van der Waals surface area contributed by atoms with Gasteiger partial charge < -0.3 is 15.3 Å². The van der Waals surface area contributed by atoms with E-state index < -0.39 is 18.2 Å². The third kappa shape index (κ3) is 7.08. The van der Waals surface area contributed by atoms with Crippen LogP contribution < -0.4 is 0 Å². The van der Waals surface area contributed by atoms with Crippen LogP contribution in [-0.2, 0) is 4.79 Å². The van der Waals surface area contributed by atoms with Gasteiger partial charge in [-0.25, -0.2) is 0 Å². The molecule has 0 bridgehead atoms. The summed E-state index contributed by atoms with van der Waals surface area (Å²) >= 11 is 0. The molecule has 3 N–H and O–H groups in total. The van der Waals surface area contributed by atoms with E-state index in [9.17, 15) is 15.0 Å². The first-order chi connectivity index (χ1) is 13.2. The zero-order valence-corrected chi connectivity index (χ0v) is 16.9. The Balaban J connectivity index is 1.87. The van der Waals surface area contributed by atoms with Crippen molar-refractivity contribution in [3.63, 3.8) is 0 Å². The first-order valence-electron chi connectivity index (χ1n) is 11.2. The van der Waals surface area contributed by atoms with E-state index in [1.807, 2.05) is 6.08 Å². The quantitative estimate of drug-likeness (QED) is 0.338. The molecule has 1 fully saturated rings. The minimum atomic E-state index is -1.47. The van der Waals surface area contributed by atoms with Gasteiger partial charge in [0.25, 0.3) is 0 Å². The molecule has 6 atom stereocenters. The van der Waals surface area contributed by atoms with Gasteiger partial charge in [0, 0.05) is 12.3 Å². The van der Waals surface area contributed by atoms with Gasteiger partial charge in [0.15, 0.2) is 0 Å². The monoisotopic (exact) mass is 380 g/mol. The van der Waals surface area contributed by atoms with Crippen molar-refractivity contribution < 1.29 is 21.5 Å². The van der Waals surface area contributed by atoms with Crippen molar-refractivity contribution in [3.05, 3.63) is 23.8 Å². The van der Waals surface area contributed by atoms with Crippen molar-refractivity contribution in [2.45, 2.75) is 90.2 Å². The molecule has 0 radical (unpaired) electrons. The SMILES string of the molecule is [3H][C@@]1(O)C[C@@H]2C=C(CCCCC(=O)O)C[C@@H]2[C@H]1/C=C/[C@@H](O)C[C@@H](C)CCCC. The maximum Gasteiger partial charge on any atom is 0.303 e. The Labute approximate surface area is 165 Å². The first-order valence-corrected chi connectivity index (χ1v) is 10.7. The predicted molar refractivity (Wildman–Crippen MR) is 108 cm³/mol. The molecule has 0 aromatic heterocycles. The highest BCUT2D eigenvalue weighted by Crippen LogP contribution is 2.48. The molecule has 0 aliphatic heterocycles. The summed E-state index contributed by atoms with van der Waals surface area (Å²) in [6, 6.07) is 0. The molecular weight excluding hydrogens is 340 g/mol. The van der Waals surface area contributed by atoms with Crippen LogP contribution in [0.2, 0.25) is 0 Å². The molecule has 2 aliphatic rings. The third-order valence-electron chi connectivity index (χ3n) is 6.16. The van der Waals surface area contributed by atoms with E-state index in [-0.39, 0.29) is 24.2 Å². The van der Waals surface area contributed by atoms with Gasteiger partial charge in [0.05, 0.1) is 13.6 Å². The summed E-state index contributed by atoms with van der Waals surface area (Å²) < 4.78 is 8.33. The number of hydrogen-bond acceptors (Lipinski definition) is 3. The van der Waals surface area contributed by atoms with Crippen molar-refractivity contribution in [2.75, 3.05) is 0 Å². The average Bonchev–Trinajstić information content (AvgIpc) is 3.08. The molecule has 0 amide bonds. The van der Waals surface area contributed by atoms with Gasteiger partial charge in [-0.15, -0.1) is 0 Å². The van der Waals surface area contributed by atoms with Crippen LogP contribution in [0.25, 0.3) is 0 Å². The molecule has 4 heteroatoms. The molecule has 2 rings (SSSR count). The lowest BCUT2D eigenvalue weighted by molar-refractivity contribution is -0.137. The van der Waals surface area contributed by atoms with E-state index >= 15 is 0 Å². The number of rotatable bonds is 12. The van der Waals surface area contributed by atoms with E-state index in [1.54, 1.807) is 6.08 Å². The fourth-order valence-corrected chi connectivity index (χ4v) is 4.65. The van der Waals surface area contributed by atoms with Crippen LogP contribution >= 0.6 is 0 Å². The molecule has 154 valence electrons. The summed E-state index contributed by atoms with van der Waals surface area (Å²) in [7, 11) is 0. The van der Waals surface area contributed by atoms with Crippen LogP contribution in [0.15, 0.2) is 23.8 Å². The topological polar surface area (TPSA) is 77.8 Å². The number of fused-ring (bicyclic) bond motifs is 1. The van der Waals surface area contributed by atoms with Crippen LogP contribution in [0.4, 0.5) is 0 Å². The summed E-state index contributed by atoms with van der Waals surface area (Å²) in [5.74, 6) is -0.100. The molecule has 27 heavy (non-hydrogen) atoms. The second-order valence-electron chi connectivity index (χ2n) is 8.61. The van der Waals surface area contributed by atoms with Gasteiger partial charge in [-0.3, -0.25) is 4.79 Å². The Morgan fingerprint density at radius 1 is 1.41 bits per heavy atom. The number of carbonyl (C=O) groups is 1. The van der Waals surface area contributed by atoms with Gasteiger partial charge in [0.2, 0.25) is 0 Å². The molecule has 0 spiro atoms. The van der Waals surface area contributed by atoms with Gasteiger partial charge >= 0.3 is 5.97 Å². The fourth-order valence-electron chi connectivity index (χ4n) is 4.65. The van der Waals surface area contributed by atoms with Crippen molar-refractivity contribution in [3.8, 4) is 0 Å². The molecule has 1 saturated carbocycles. The van der Waals surface area contributed by atoms with Crippen LogP contribution in [0.5, 0.6) is 0 Å². The lowest BCUT2D eigenvalue weighted by Gasteiger charge is -2.19. The Morgan fingerprint density at radius 3 is 2.89 bits per heavy atom.